The zero-order chi connectivity index (χ0) is 15.4. The number of alkyl halides is 3. The molecule has 19 heavy (non-hydrogen) atoms. The van der Waals surface area contributed by atoms with Crippen molar-refractivity contribution < 1.29 is 32.9 Å². The highest BCUT2D eigenvalue weighted by Gasteiger charge is 2.43. The van der Waals surface area contributed by atoms with E-state index in [9.17, 15) is 28.2 Å². The zero-order valence-electron chi connectivity index (χ0n) is 11.3. The standard InChI is InChI=1S/C11H20F3NO4/c1-6(11(12,13)14)8(17)7(16)5-15-9(18)19-10(2,3)4/h6-8,16-17H,5H2,1-4H3,(H,15,18)/t6-,7-,8+/m1/s1. The SMILES string of the molecule is C[C@H]([C@H](O)[C@H](O)CNC(=O)OC(C)(C)C)C(F)(F)F. The Morgan fingerprint density at radius 2 is 1.74 bits per heavy atom. The number of rotatable bonds is 4. The van der Waals surface area contributed by atoms with Gasteiger partial charge in [0.25, 0.3) is 0 Å². The molecule has 1 amide bonds. The Labute approximate surface area is 109 Å². The van der Waals surface area contributed by atoms with Crippen LogP contribution in [-0.2, 0) is 4.74 Å². The van der Waals surface area contributed by atoms with Gasteiger partial charge in [-0.1, -0.05) is 6.92 Å². The minimum Gasteiger partial charge on any atom is -0.444 e. The van der Waals surface area contributed by atoms with Crippen LogP contribution in [0.15, 0.2) is 0 Å². The molecule has 0 aromatic heterocycles. The van der Waals surface area contributed by atoms with Crippen molar-refractivity contribution in [2.45, 2.75) is 51.7 Å². The van der Waals surface area contributed by atoms with Crippen molar-refractivity contribution in [1.82, 2.24) is 5.32 Å². The number of nitrogens with one attached hydrogen (secondary N) is 1. The van der Waals surface area contributed by atoms with Crippen molar-refractivity contribution in [3.63, 3.8) is 0 Å². The molecule has 114 valence electrons. The summed E-state index contributed by atoms with van der Waals surface area (Å²) in [5, 5.41) is 20.8. The fourth-order valence-corrected chi connectivity index (χ4v) is 1.15. The largest absolute Gasteiger partial charge is 0.444 e. The Bertz CT molecular complexity index is 301. The second-order valence-corrected chi connectivity index (χ2v) is 5.27. The van der Waals surface area contributed by atoms with Crippen molar-refractivity contribution in [1.29, 1.82) is 0 Å². The number of alkyl carbamates (subject to hydrolysis) is 1. The van der Waals surface area contributed by atoms with Crippen LogP contribution in [0.3, 0.4) is 0 Å². The Kier molecular flexibility index (Phi) is 6.08. The lowest BCUT2D eigenvalue weighted by atomic mass is 9.99. The van der Waals surface area contributed by atoms with Crippen LogP contribution in [0.2, 0.25) is 0 Å². The number of aliphatic hydroxyl groups excluding tert-OH is 2. The predicted octanol–water partition coefficient (Wildman–Crippen LogP) is 1.43. The van der Waals surface area contributed by atoms with Gasteiger partial charge in [-0.2, -0.15) is 13.2 Å². The molecule has 0 saturated carbocycles. The molecule has 0 heterocycles. The summed E-state index contributed by atoms with van der Waals surface area (Å²) in [6.07, 6.45) is -9.25. The summed E-state index contributed by atoms with van der Waals surface area (Å²) >= 11 is 0. The van der Waals surface area contributed by atoms with Crippen LogP contribution in [0.4, 0.5) is 18.0 Å². The Morgan fingerprint density at radius 3 is 2.11 bits per heavy atom. The van der Waals surface area contributed by atoms with Crippen LogP contribution >= 0.6 is 0 Å². The van der Waals surface area contributed by atoms with Gasteiger partial charge in [-0.3, -0.25) is 0 Å². The molecule has 0 spiro atoms. The van der Waals surface area contributed by atoms with Crippen LogP contribution in [0.25, 0.3) is 0 Å². The molecule has 0 unspecified atom stereocenters. The zero-order valence-corrected chi connectivity index (χ0v) is 11.3. The molecule has 0 fully saturated rings. The van der Waals surface area contributed by atoms with Crippen molar-refractivity contribution in [2.75, 3.05) is 6.54 Å². The molecule has 0 aromatic carbocycles. The smallest absolute Gasteiger partial charge is 0.407 e. The predicted molar refractivity (Wildman–Crippen MR) is 61.5 cm³/mol. The number of carbonyl (C=O) groups is 1. The summed E-state index contributed by atoms with van der Waals surface area (Å²) in [5.41, 5.74) is -0.757. The fourth-order valence-electron chi connectivity index (χ4n) is 1.15. The number of halogens is 3. The van der Waals surface area contributed by atoms with E-state index in [2.05, 4.69) is 5.32 Å². The van der Waals surface area contributed by atoms with E-state index in [-0.39, 0.29) is 0 Å². The van der Waals surface area contributed by atoms with E-state index in [1.165, 1.54) is 0 Å². The molecule has 0 aromatic rings. The molecular weight excluding hydrogens is 267 g/mol. The maximum absolute atomic E-state index is 12.3. The molecule has 3 atom stereocenters. The third-order valence-electron chi connectivity index (χ3n) is 2.28. The van der Waals surface area contributed by atoms with Gasteiger partial charge in [0.2, 0.25) is 0 Å². The maximum Gasteiger partial charge on any atom is 0.407 e. The summed E-state index contributed by atoms with van der Waals surface area (Å²) in [7, 11) is 0. The highest BCUT2D eigenvalue weighted by atomic mass is 19.4. The van der Waals surface area contributed by atoms with E-state index in [1.54, 1.807) is 20.8 Å². The number of carbonyl (C=O) groups excluding carboxylic acids is 1. The van der Waals surface area contributed by atoms with Crippen molar-refractivity contribution in [3.8, 4) is 0 Å². The molecule has 3 N–H and O–H groups in total. The van der Waals surface area contributed by atoms with E-state index >= 15 is 0 Å². The van der Waals surface area contributed by atoms with Gasteiger partial charge in [-0.15, -0.1) is 0 Å². The summed E-state index contributed by atoms with van der Waals surface area (Å²) in [4.78, 5) is 11.2. The molecule has 5 nitrogen and oxygen atoms in total. The lowest BCUT2D eigenvalue weighted by molar-refractivity contribution is -0.206. The molecule has 8 heteroatoms. The van der Waals surface area contributed by atoms with Crippen LogP contribution < -0.4 is 5.32 Å². The Hall–Kier alpha value is -1.02. The number of hydrogen-bond donors (Lipinski definition) is 3. The van der Waals surface area contributed by atoms with Crippen molar-refractivity contribution in [2.24, 2.45) is 5.92 Å². The first-order valence-electron chi connectivity index (χ1n) is 5.74. The lowest BCUT2D eigenvalue weighted by Crippen LogP contribution is -2.46. The van der Waals surface area contributed by atoms with Crippen molar-refractivity contribution in [3.05, 3.63) is 0 Å². The molecule has 0 aliphatic heterocycles. The number of amides is 1. The van der Waals surface area contributed by atoms with E-state index in [1.807, 2.05) is 0 Å². The normalized spacial score (nSPS) is 17.5. The van der Waals surface area contributed by atoms with Gasteiger partial charge in [0.15, 0.2) is 0 Å². The molecule has 0 rings (SSSR count). The topological polar surface area (TPSA) is 78.8 Å². The first-order chi connectivity index (χ1) is 8.34. The molecule has 0 bridgehead atoms. The van der Waals surface area contributed by atoms with E-state index in [4.69, 9.17) is 4.74 Å². The van der Waals surface area contributed by atoms with Gasteiger partial charge >= 0.3 is 12.3 Å². The lowest BCUT2D eigenvalue weighted by Gasteiger charge is -2.26. The summed E-state index contributed by atoms with van der Waals surface area (Å²) in [5.74, 6) is -2.09. The molecular formula is C11H20F3NO4. The highest BCUT2D eigenvalue weighted by Crippen LogP contribution is 2.29. The minimum absolute atomic E-state index is 0.531. The van der Waals surface area contributed by atoms with E-state index < -0.39 is 42.5 Å². The molecule has 0 aliphatic rings. The average molecular weight is 287 g/mol. The van der Waals surface area contributed by atoms with Gasteiger partial charge in [0.05, 0.1) is 18.1 Å². The second kappa shape index (κ2) is 6.42. The van der Waals surface area contributed by atoms with Gasteiger partial charge in [-0.25, -0.2) is 4.79 Å². The highest BCUT2D eigenvalue weighted by molar-refractivity contribution is 5.67. The summed E-state index contributed by atoms with van der Waals surface area (Å²) in [6.45, 7) is 5.06. The van der Waals surface area contributed by atoms with Gasteiger partial charge in [-0.05, 0) is 20.8 Å². The van der Waals surface area contributed by atoms with E-state index in [0.29, 0.717) is 0 Å². The van der Waals surface area contributed by atoms with Crippen LogP contribution in [0.5, 0.6) is 0 Å². The second-order valence-electron chi connectivity index (χ2n) is 5.27. The van der Waals surface area contributed by atoms with Crippen LogP contribution in [-0.4, -0.2) is 46.8 Å². The quantitative estimate of drug-likeness (QED) is 0.731. The van der Waals surface area contributed by atoms with Crippen LogP contribution in [0, 0.1) is 5.92 Å². The Morgan fingerprint density at radius 1 is 1.26 bits per heavy atom. The third-order valence-corrected chi connectivity index (χ3v) is 2.28. The van der Waals surface area contributed by atoms with Gasteiger partial charge < -0.3 is 20.3 Å². The van der Waals surface area contributed by atoms with Gasteiger partial charge in [0, 0.05) is 6.54 Å². The monoisotopic (exact) mass is 287 g/mol. The minimum atomic E-state index is -4.62. The molecule has 0 radical (unpaired) electrons. The van der Waals surface area contributed by atoms with Crippen molar-refractivity contribution >= 4 is 6.09 Å². The average Bonchev–Trinajstić information content (AvgIpc) is 2.20. The maximum atomic E-state index is 12.3. The first kappa shape index (κ1) is 18.0. The Balaban J connectivity index is 4.25. The summed E-state index contributed by atoms with van der Waals surface area (Å²) in [6, 6.07) is 0. The summed E-state index contributed by atoms with van der Waals surface area (Å²) < 4.78 is 41.7. The first-order valence-corrected chi connectivity index (χ1v) is 5.74. The number of hydrogen-bond acceptors (Lipinski definition) is 4. The molecule has 0 aliphatic carbocycles. The van der Waals surface area contributed by atoms with Crippen LogP contribution in [0.1, 0.15) is 27.7 Å². The number of ether oxygens (including phenoxy) is 1. The third kappa shape index (κ3) is 7.22. The molecule has 0 saturated heterocycles. The van der Waals surface area contributed by atoms with E-state index in [0.717, 1.165) is 6.92 Å². The number of aliphatic hydroxyl groups is 2. The fraction of sp³-hybridized carbons (Fsp3) is 0.909. The van der Waals surface area contributed by atoms with Gasteiger partial charge in [0.1, 0.15) is 5.60 Å².